The molecule has 23 heavy (non-hydrogen) atoms. The fraction of sp³-hybridized carbons (Fsp3) is 0.333. The molecule has 4 nitrogen and oxygen atoms in total. The number of nitrogens with zero attached hydrogens (tertiary/aromatic N) is 1. The van der Waals surface area contributed by atoms with E-state index in [1.54, 1.807) is 12.3 Å². The molecule has 2 N–H and O–H groups in total. The lowest BCUT2D eigenvalue weighted by Gasteiger charge is -2.08. The Morgan fingerprint density at radius 1 is 1.22 bits per heavy atom. The number of aromatic nitrogens is 1. The molecule has 0 spiro atoms. The van der Waals surface area contributed by atoms with Gasteiger partial charge in [0.15, 0.2) is 0 Å². The van der Waals surface area contributed by atoms with Crippen LogP contribution in [0.4, 0.5) is 11.5 Å². The highest BCUT2D eigenvalue weighted by Gasteiger charge is 2.07. The first kappa shape index (κ1) is 17.5. The van der Waals surface area contributed by atoms with Crippen LogP contribution in [0.25, 0.3) is 0 Å². The summed E-state index contributed by atoms with van der Waals surface area (Å²) in [6.07, 6.45) is 5.13. The Morgan fingerprint density at radius 3 is 2.70 bits per heavy atom. The maximum absolute atomic E-state index is 12.2. The second-order valence-corrected chi connectivity index (χ2v) is 6.34. The van der Waals surface area contributed by atoms with Crippen LogP contribution in [0, 0.1) is 6.92 Å². The number of aryl methyl sites for hydroxylation is 1. The Hall–Kier alpha value is -1.88. The normalized spacial score (nSPS) is 10.4. The summed E-state index contributed by atoms with van der Waals surface area (Å²) in [5, 5.41) is 6.14. The Balaban J connectivity index is 1.93. The molecule has 2 rings (SSSR count). The van der Waals surface area contributed by atoms with Gasteiger partial charge in [-0.2, -0.15) is 0 Å². The van der Waals surface area contributed by atoms with E-state index in [9.17, 15) is 4.79 Å². The number of hydrogen-bond acceptors (Lipinski definition) is 3. The third kappa shape index (κ3) is 5.36. The molecule has 0 fully saturated rings. The number of unbranched alkanes of at least 4 members (excludes halogenated alkanes) is 2. The van der Waals surface area contributed by atoms with Crippen molar-refractivity contribution in [3.05, 3.63) is 52.1 Å². The van der Waals surface area contributed by atoms with Crippen molar-refractivity contribution in [2.75, 3.05) is 17.2 Å². The summed E-state index contributed by atoms with van der Waals surface area (Å²) in [5.41, 5.74) is 2.43. The van der Waals surface area contributed by atoms with E-state index in [-0.39, 0.29) is 5.91 Å². The predicted molar refractivity (Wildman–Crippen MR) is 99.1 cm³/mol. The number of rotatable bonds is 7. The third-order valence-corrected chi connectivity index (χ3v) is 4.40. The Bertz CT molecular complexity index is 656. The largest absolute Gasteiger partial charge is 0.370 e. The van der Waals surface area contributed by atoms with Crippen molar-refractivity contribution in [3.63, 3.8) is 0 Å². The molecular formula is C18H22BrN3O. The van der Waals surface area contributed by atoms with Crippen LogP contribution in [0.5, 0.6) is 0 Å². The molecule has 0 unspecified atom stereocenters. The Morgan fingerprint density at radius 2 is 2.04 bits per heavy atom. The van der Waals surface area contributed by atoms with Crippen LogP contribution in [-0.4, -0.2) is 17.4 Å². The van der Waals surface area contributed by atoms with Gasteiger partial charge in [-0.15, -0.1) is 0 Å². The molecule has 2 aromatic rings. The van der Waals surface area contributed by atoms with Crippen molar-refractivity contribution < 1.29 is 4.79 Å². The van der Waals surface area contributed by atoms with Crippen molar-refractivity contribution in [1.29, 1.82) is 0 Å². The molecule has 5 heteroatoms. The van der Waals surface area contributed by atoms with E-state index in [1.165, 1.54) is 12.8 Å². The topological polar surface area (TPSA) is 54.0 Å². The number of benzene rings is 1. The van der Waals surface area contributed by atoms with E-state index < -0.39 is 0 Å². The highest BCUT2D eigenvalue weighted by Crippen LogP contribution is 2.21. The average Bonchev–Trinajstić information content (AvgIpc) is 2.55. The quantitative estimate of drug-likeness (QED) is 0.668. The van der Waals surface area contributed by atoms with E-state index in [0.29, 0.717) is 5.56 Å². The number of carbonyl (C=O) groups excluding carboxylic acids is 1. The van der Waals surface area contributed by atoms with Gasteiger partial charge in [0.1, 0.15) is 5.82 Å². The fourth-order valence-corrected chi connectivity index (χ4v) is 2.48. The first-order valence-corrected chi connectivity index (χ1v) is 8.67. The molecule has 0 saturated heterocycles. The van der Waals surface area contributed by atoms with Gasteiger partial charge >= 0.3 is 0 Å². The number of carbonyl (C=O) groups is 1. The molecule has 0 saturated carbocycles. The molecule has 1 aromatic heterocycles. The van der Waals surface area contributed by atoms with Crippen LogP contribution < -0.4 is 10.6 Å². The van der Waals surface area contributed by atoms with E-state index in [1.807, 2.05) is 31.2 Å². The molecule has 0 atom stereocenters. The summed E-state index contributed by atoms with van der Waals surface area (Å²) in [6.45, 7) is 5.09. The minimum Gasteiger partial charge on any atom is -0.370 e. The number of anilines is 2. The minimum atomic E-state index is -0.161. The number of amides is 1. The number of hydrogen-bond donors (Lipinski definition) is 2. The van der Waals surface area contributed by atoms with Gasteiger partial charge in [-0.3, -0.25) is 4.79 Å². The van der Waals surface area contributed by atoms with Crippen molar-refractivity contribution in [3.8, 4) is 0 Å². The second-order valence-electron chi connectivity index (χ2n) is 5.48. The highest BCUT2D eigenvalue weighted by molar-refractivity contribution is 9.10. The number of pyridine rings is 1. The first-order chi connectivity index (χ1) is 11.1. The molecule has 1 heterocycles. The fourth-order valence-electron chi connectivity index (χ4n) is 2.10. The summed E-state index contributed by atoms with van der Waals surface area (Å²) in [4.78, 5) is 16.5. The lowest BCUT2D eigenvalue weighted by molar-refractivity contribution is 0.102. The first-order valence-electron chi connectivity index (χ1n) is 7.87. The summed E-state index contributed by atoms with van der Waals surface area (Å²) < 4.78 is 0.972. The van der Waals surface area contributed by atoms with Crippen molar-refractivity contribution in [2.45, 2.75) is 33.1 Å². The zero-order chi connectivity index (χ0) is 16.7. The molecule has 0 aliphatic heterocycles. The van der Waals surface area contributed by atoms with Crippen LogP contribution in [0.2, 0.25) is 0 Å². The van der Waals surface area contributed by atoms with E-state index in [2.05, 4.69) is 38.5 Å². The Kier molecular flexibility index (Phi) is 6.59. The zero-order valence-corrected chi connectivity index (χ0v) is 15.1. The predicted octanol–water partition coefficient (Wildman–Crippen LogP) is 5.01. The molecule has 0 radical (unpaired) electrons. The van der Waals surface area contributed by atoms with Crippen LogP contribution in [0.15, 0.2) is 41.0 Å². The molecular weight excluding hydrogens is 354 g/mol. The van der Waals surface area contributed by atoms with E-state index in [0.717, 1.165) is 34.5 Å². The molecule has 122 valence electrons. The maximum Gasteiger partial charge on any atom is 0.257 e. The van der Waals surface area contributed by atoms with Crippen molar-refractivity contribution in [1.82, 2.24) is 4.98 Å². The molecule has 0 aliphatic rings. The number of nitrogens with one attached hydrogen (secondary N) is 2. The smallest absolute Gasteiger partial charge is 0.257 e. The van der Waals surface area contributed by atoms with Gasteiger partial charge in [0.05, 0.1) is 5.56 Å². The standard InChI is InChI=1S/C18H22BrN3O/c1-3-4-5-10-20-17-9-7-14(12-21-17)18(23)22-15-8-6-13(2)16(19)11-15/h6-9,11-12H,3-5,10H2,1-2H3,(H,20,21)(H,22,23). The average molecular weight is 376 g/mol. The van der Waals surface area contributed by atoms with Gasteiger partial charge in [0.2, 0.25) is 0 Å². The van der Waals surface area contributed by atoms with Gasteiger partial charge in [-0.05, 0) is 43.2 Å². The molecule has 0 aliphatic carbocycles. The Labute approximate surface area is 145 Å². The summed E-state index contributed by atoms with van der Waals surface area (Å²) >= 11 is 3.46. The maximum atomic E-state index is 12.2. The van der Waals surface area contributed by atoms with Gasteiger partial charge in [-0.1, -0.05) is 41.8 Å². The van der Waals surface area contributed by atoms with Crippen molar-refractivity contribution >= 4 is 33.3 Å². The summed E-state index contributed by atoms with van der Waals surface area (Å²) in [7, 11) is 0. The van der Waals surface area contributed by atoms with Gasteiger partial charge in [0, 0.05) is 22.9 Å². The molecule has 1 aromatic carbocycles. The minimum absolute atomic E-state index is 0.161. The van der Waals surface area contributed by atoms with Crippen LogP contribution in [0.1, 0.15) is 42.1 Å². The number of halogens is 1. The van der Waals surface area contributed by atoms with Gasteiger partial charge in [-0.25, -0.2) is 4.98 Å². The van der Waals surface area contributed by atoms with E-state index >= 15 is 0 Å². The van der Waals surface area contributed by atoms with E-state index in [4.69, 9.17) is 0 Å². The second kappa shape index (κ2) is 8.67. The van der Waals surface area contributed by atoms with Crippen LogP contribution >= 0.6 is 15.9 Å². The highest BCUT2D eigenvalue weighted by atomic mass is 79.9. The SMILES string of the molecule is CCCCCNc1ccc(C(=O)Nc2ccc(C)c(Br)c2)cn1. The molecule has 0 bridgehead atoms. The summed E-state index contributed by atoms with van der Waals surface area (Å²) in [6, 6.07) is 9.36. The summed E-state index contributed by atoms with van der Waals surface area (Å²) in [5.74, 6) is 0.640. The zero-order valence-electron chi connectivity index (χ0n) is 13.5. The van der Waals surface area contributed by atoms with Crippen LogP contribution in [-0.2, 0) is 0 Å². The molecule has 1 amide bonds. The van der Waals surface area contributed by atoms with Crippen molar-refractivity contribution in [2.24, 2.45) is 0 Å². The van der Waals surface area contributed by atoms with Gasteiger partial charge < -0.3 is 10.6 Å². The van der Waals surface area contributed by atoms with Crippen LogP contribution in [0.3, 0.4) is 0 Å². The third-order valence-electron chi connectivity index (χ3n) is 3.54. The monoisotopic (exact) mass is 375 g/mol. The lowest BCUT2D eigenvalue weighted by atomic mass is 10.2. The van der Waals surface area contributed by atoms with Gasteiger partial charge in [0.25, 0.3) is 5.91 Å². The lowest BCUT2D eigenvalue weighted by Crippen LogP contribution is -2.12.